The first-order valence-corrected chi connectivity index (χ1v) is 9.75. The van der Waals surface area contributed by atoms with Gasteiger partial charge in [-0.3, -0.25) is 4.79 Å². The molecule has 0 spiro atoms. The zero-order chi connectivity index (χ0) is 15.8. The normalized spacial score (nSPS) is 39.7. The highest BCUT2D eigenvalue weighted by molar-refractivity contribution is 5.82. The zero-order valence-electron chi connectivity index (χ0n) is 14.3. The lowest BCUT2D eigenvalue weighted by molar-refractivity contribution is -0.124. The van der Waals surface area contributed by atoms with Crippen molar-refractivity contribution in [3.63, 3.8) is 0 Å². The Labute approximate surface area is 139 Å². The molecule has 0 aromatic heterocycles. The Balaban J connectivity index is 1.36. The lowest BCUT2D eigenvalue weighted by Crippen LogP contribution is -2.62. The van der Waals surface area contributed by atoms with Crippen LogP contribution < -0.4 is 21.3 Å². The molecule has 0 aromatic rings. The highest BCUT2D eigenvalue weighted by Crippen LogP contribution is 2.37. The molecule has 5 heteroatoms. The summed E-state index contributed by atoms with van der Waals surface area (Å²) in [6.07, 6.45) is 8.90. The van der Waals surface area contributed by atoms with Crippen molar-refractivity contribution >= 4 is 5.91 Å². The first-order valence-electron chi connectivity index (χ1n) is 9.75. The van der Waals surface area contributed by atoms with Gasteiger partial charge in [-0.15, -0.1) is 0 Å². The van der Waals surface area contributed by atoms with Crippen LogP contribution in [0.25, 0.3) is 0 Å². The molecule has 2 aliphatic carbocycles. The number of carbonyl (C=O) groups is 1. The molecule has 4 rings (SSSR count). The number of hydrogen-bond donors (Lipinski definition) is 4. The van der Waals surface area contributed by atoms with E-state index in [-0.39, 0.29) is 24.2 Å². The van der Waals surface area contributed by atoms with Crippen molar-refractivity contribution in [3.05, 3.63) is 0 Å². The van der Waals surface area contributed by atoms with E-state index >= 15 is 0 Å². The quantitative estimate of drug-likeness (QED) is 0.623. The Hall–Kier alpha value is -0.650. The number of nitrogens with one attached hydrogen (secondary N) is 4. The molecular weight excluding hydrogens is 288 g/mol. The topological polar surface area (TPSA) is 65.2 Å². The fraction of sp³-hybridized carbons (Fsp3) is 0.944. The van der Waals surface area contributed by atoms with Crippen LogP contribution in [0.15, 0.2) is 0 Å². The summed E-state index contributed by atoms with van der Waals surface area (Å²) in [5.74, 6) is 2.31. The van der Waals surface area contributed by atoms with Gasteiger partial charge in [0.2, 0.25) is 5.91 Å². The highest BCUT2D eigenvalue weighted by Gasteiger charge is 2.44. The number of fused-ring (bicyclic) bond motifs is 1. The summed E-state index contributed by atoms with van der Waals surface area (Å²) in [6.45, 7) is 4.45. The van der Waals surface area contributed by atoms with Gasteiger partial charge in [-0.25, -0.2) is 0 Å². The fourth-order valence-corrected chi connectivity index (χ4v) is 5.00. The van der Waals surface area contributed by atoms with Crippen LogP contribution >= 0.6 is 0 Å². The molecule has 1 amide bonds. The molecule has 2 saturated carbocycles. The molecule has 130 valence electrons. The van der Waals surface area contributed by atoms with Gasteiger partial charge >= 0.3 is 0 Å². The predicted octanol–water partition coefficient (Wildman–Crippen LogP) is 0.957. The molecule has 4 fully saturated rings. The lowest BCUT2D eigenvalue weighted by atomic mass is 9.78. The van der Waals surface area contributed by atoms with Crippen molar-refractivity contribution in [2.24, 2.45) is 17.8 Å². The van der Waals surface area contributed by atoms with Gasteiger partial charge < -0.3 is 21.3 Å². The summed E-state index contributed by atoms with van der Waals surface area (Å²) in [5, 5.41) is 14.1. The van der Waals surface area contributed by atoms with Gasteiger partial charge in [0.15, 0.2) is 0 Å². The minimum absolute atomic E-state index is 0.0235. The van der Waals surface area contributed by atoms with E-state index in [9.17, 15) is 4.79 Å². The van der Waals surface area contributed by atoms with Crippen LogP contribution in [0.3, 0.4) is 0 Å². The third kappa shape index (κ3) is 3.42. The Morgan fingerprint density at radius 3 is 2.57 bits per heavy atom. The molecule has 23 heavy (non-hydrogen) atoms. The third-order valence-corrected chi connectivity index (χ3v) is 6.48. The summed E-state index contributed by atoms with van der Waals surface area (Å²) >= 11 is 0. The molecule has 2 heterocycles. The van der Waals surface area contributed by atoms with Gasteiger partial charge in [0, 0.05) is 6.04 Å². The second-order valence-corrected chi connectivity index (χ2v) is 8.26. The monoisotopic (exact) mass is 320 g/mol. The van der Waals surface area contributed by atoms with Gasteiger partial charge in [0.05, 0.1) is 18.2 Å². The average Bonchev–Trinajstić information content (AvgIpc) is 3.31. The smallest absolute Gasteiger partial charge is 0.237 e. The van der Waals surface area contributed by atoms with Crippen molar-refractivity contribution in [1.29, 1.82) is 0 Å². The largest absolute Gasteiger partial charge is 0.349 e. The Bertz CT molecular complexity index is 433. The zero-order valence-corrected chi connectivity index (χ0v) is 14.3. The van der Waals surface area contributed by atoms with Crippen molar-refractivity contribution < 1.29 is 4.79 Å². The van der Waals surface area contributed by atoms with Gasteiger partial charge in [-0.1, -0.05) is 13.3 Å². The number of rotatable bonds is 4. The van der Waals surface area contributed by atoms with Crippen molar-refractivity contribution in [2.75, 3.05) is 13.1 Å². The maximum absolute atomic E-state index is 12.9. The van der Waals surface area contributed by atoms with Crippen LogP contribution in [0.4, 0.5) is 0 Å². The van der Waals surface area contributed by atoms with Gasteiger partial charge in [0.25, 0.3) is 0 Å². The van der Waals surface area contributed by atoms with Crippen LogP contribution in [-0.4, -0.2) is 43.3 Å². The number of amides is 1. The van der Waals surface area contributed by atoms with Gasteiger partial charge in [0.1, 0.15) is 0 Å². The maximum Gasteiger partial charge on any atom is 0.237 e. The molecule has 2 saturated heterocycles. The molecule has 4 N–H and O–H groups in total. The van der Waals surface area contributed by atoms with E-state index in [1.807, 2.05) is 0 Å². The maximum atomic E-state index is 12.9. The fourth-order valence-electron chi connectivity index (χ4n) is 5.00. The second kappa shape index (κ2) is 6.69. The number of carbonyl (C=O) groups excluding carboxylic acids is 1. The first kappa shape index (κ1) is 15.9. The average molecular weight is 320 g/mol. The standard InChI is InChI=1S/C18H32N4O/c1-11-4-2-5-13-10-14(21-15(11)13)18(23)22-16(12-6-7-12)17-19-8-3-9-20-17/h11-17,19-21H,2-10H2,1H3,(H,22,23). The van der Waals surface area contributed by atoms with Crippen molar-refractivity contribution in [3.8, 4) is 0 Å². The molecule has 0 aromatic carbocycles. The summed E-state index contributed by atoms with van der Waals surface area (Å²) in [4.78, 5) is 12.9. The lowest BCUT2D eigenvalue weighted by Gasteiger charge is -2.34. The van der Waals surface area contributed by atoms with Crippen LogP contribution in [0.5, 0.6) is 0 Å². The summed E-state index contributed by atoms with van der Waals surface area (Å²) < 4.78 is 0. The molecule has 0 radical (unpaired) electrons. The highest BCUT2D eigenvalue weighted by atomic mass is 16.2. The molecular formula is C18H32N4O. The van der Waals surface area contributed by atoms with Crippen LogP contribution in [0.1, 0.15) is 51.9 Å². The van der Waals surface area contributed by atoms with Gasteiger partial charge in [-0.05, 0) is 69.4 Å². The van der Waals surface area contributed by atoms with E-state index in [0.29, 0.717) is 23.8 Å². The SMILES string of the molecule is CC1CCCC2CC(C(=O)NC(C3CC3)C3NCCCN3)NC12. The predicted molar refractivity (Wildman–Crippen MR) is 90.9 cm³/mol. The molecule has 5 atom stereocenters. The van der Waals surface area contributed by atoms with Crippen LogP contribution in [0, 0.1) is 17.8 Å². The van der Waals surface area contributed by atoms with E-state index < -0.39 is 0 Å². The molecule has 2 aliphatic heterocycles. The second-order valence-electron chi connectivity index (χ2n) is 8.26. The summed E-state index contributed by atoms with van der Waals surface area (Å²) in [6, 6.07) is 0.838. The Kier molecular flexibility index (Phi) is 4.61. The minimum Gasteiger partial charge on any atom is -0.349 e. The molecule has 0 bridgehead atoms. The Morgan fingerprint density at radius 1 is 1.09 bits per heavy atom. The summed E-state index contributed by atoms with van der Waals surface area (Å²) in [7, 11) is 0. The van der Waals surface area contributed by atoms with Crippen LogP contribution in [0.2, 0.25) is 0 Å². The van der Waals surface area contributed by atoms with E-state index in [0.717, 1.165) is 19.5 Å². The minimum atomic E-state index is 0.0235. The van der Waals surface area contributed by atoms with E-state index in [4.69, 9.17) is 0 Å². The van der Waals surface area contributed by atoms with E-state index in [1.165, 1.54) is 38.5 Å². The van der Waals surface area contributed by atoms with Crippen molar-refractivity contribution in [1.82, 2.24) is 21.3 Å². The van der Waals surface area contributed by atoms with E-state index in [2.05, 4.69) is 28.2 Å². The third-order valence-electron chi connectivity index (χ3n) is 6.48. The Morgan fingerprint density at radius 2 is 1.87 bits per heavy atom. The van der Waals surface area contributed by atoms with E-state index in [1.54, 1.807) is 0 Å². The van der Waals surface area contributed by atoms with Gasteiger partial charge in [-0.2, -0.15) is 0 Å². The molecule has 4 aliphatic rings. The first-order chi connectivity index (χ1) is 11.2. The summed E-state index contributed by atoms with van der Waals surface area (Å²) in [5.41, 5.74) is 0. The number of hydrogen-bond acceptors (Lipinski definition) is 4. The molecule has 5 unspecified atom stereocenters. The molecule has 5 nitrogen and oxygen atoms in total. The van der Waals surface area contributed by atoms with Crippen molar-refractivity contribution in [2.45, 2.75) is 76.2 Å². The van der Waals surface area contributed by atoms with Crippen LogP contribution in [-0.2, 0) is 4.79 Å².